The maximum absolute atomic E-state index is 10.2. The molecule has 7 heteroatoms. The summed E-state index contributed by atoms with van der Waals surface area (Å²) in [6, 6.07) is 0. The Morgan fingerprint density at radius 3 is 2.42 bits per heavy atom. The first kappa shape index (κ1) is 11.6. The van der Waals surface area contributed by atoms with Crippen LogP contribution in [-0.4, -0.2) is 33.8 Å². The number of carbonyl (C=O) groups is 1. The molecule has 0 aliphatic carbocycles. The Morgan fingerprint density at radius 2 is 2.00 bits per heavy atom. The molecule has 0 bridgehead atoms. The van der Waals surface area contributed by atoms with Gasteiger partial charge in [-0.2, -0.15) is 0 Å². The Hall–Kier alpha value is -0.420. The highest BCUT2D eigenvalue weighted by Gasteiger charge is 2.11. The second-order valence-electron chi connectivity index (χ2n) is 2.20. The molecule has 0 atom stereocenters. The van der Waals surface area contributed by atoms with Gasteiger partial charge >= 0.3 is 13.6 Å². The maximum Gasteiger partial charge on any atom is 0.350 e. The van der Waals surface area contributed by atoms with Crippen LogP contribution in [0.2, 0.25) is 0 Å². The molecular formula is C5H11O6P. The lowest BCUT2D eigenvalue weighted by Gasteiger charge is -2.03. The zero-order valence-electron chi connectivity index (χ0n) is 6.34. The van der Waals surface area contributed by atoms with E-state index in [1.807, 2.05) is 0 Å². The normalized spacial score (nSPS) is 11.5. The van der Waals surface area contributed by atoms with Crippen molar-refractivity contribution >= 4 is 13.6 Å². The summed E-state index contributed by atoms with van der Waals surface area (Å²) in [7, 11) is -4.10. The fraction of sp³-hybridized carbons (Fsp3) is 0.800. The molecular weight excluding hydrogens is 187 g/mol. The first-order valence-electron chi connectivity index (χ1n) is 3.26. The van der Waals surface area contributed by atoms with E-state index >= 15 is 0 Å². The van der Waals surface area contributed by atoms with E-state index in [4.69, 9.17) is 14.9 Å². The third-order valence-electron chi connectivity index (χ3n) is 0.939. The average Bonchev–Trinajstić information content (AvgIpc) is 1.83. The van der Waals surface area contributed by atoms with Gasteiger partial charge in [0.15, 0.2) is 0 Å². The highest BCUT2D eigenvalue weighted by molar-refractivity contribution is 7.51. The first-order valence-corrected chi connectivity index (χ1v) is 5.06. The van der Waals surface area contributed by atoms with Gasteiger partial charge in [0.2, 0.25) is 0 Å². The minimum atomic E-state index is -4.10. The van der Waals surface area contributed by atoms with Gasteiger partial charge in [-0.05, 0) is 6.42 Å². The van der Waals surface area contributed by atoms with Crippen molar-refractivity contribution in [1.29, 1.82) is 0 Å². The molecule has 0 fully saturated rings. The summed E-state index contributed by atoms with van der Waals surface area (Å²) >= 11 is 0. The number of aliphatic carboxylic acids is 1. The van der Waals surface area contributed by atoms with Gasteiger partial charge in [-0.3, -0.25) is 9.36 Å². The summed E-state index contributed by atoms with van der Waals surface area (Å²) in [5.74, 6) is -0.949. The maximum atomic E-state index is 10.2. The predicted molar refractivity (Wildman–Crippen MR) is 39.7 cm³/mol. The molecule has 0 aromatic heterocycles. The van der Waals surface area contributed by atoms with Crippen molar-refractivity contribution in [2.24, 2.45) is 0 Å². The Bertz CT molecular complexity index is 184. The van der Waals surface area contributed by atoms with Crippen molar-refractivity contribution in [2.45, 2.75) is 12.8 Å². The van der Waals surface area contributed by atoms with Gasteiger partial charge in [-0.25, -0.2) is 0 Å². The molecule has 0 unspecified atom stereocenters. The van der Waals surface area contributed by atoms with Crippen LogP contribution in [0.5, 0.6) is 0 Å². The SMILES string of the molecule is O=C(O)CCCOCP(=O)(O)O. The van der Waals surface area contributed by atoms with Gasteiger partial charge in [0, 0.05) is 13.0 Å². The molecule has 0 rings (SSSR count). The smallest absolute Gasteiger partial charge is 0.350 e. The van der Waals surface area contributed by atoms with Crippen molar-refractivity contribution in [3.8, 4) is 0 Å². The molecule has 0 aliphatic rings. The Balaban J connectivity index is 3.23. The van der Waals surface area contributed by atoms with E-state index in [1.165, 1.54) is 0 Å². The molecule has 0 aromatic carbocycles. The number of hydrogen-bond acceptors (Lipinski definition) is 3. The monoisotopic (exact) mass is 198 g/mol. The summed E-state index contributed by atoms with van der Waals surface area (Å²) in [6.45, 7) is 0.0530. The zero-order valence-corrected chi connectivity index (χ0v) is 7.24. The summed E-state index contributed by atoms with van der Waals surface area (Å²) in [6.07, 6.45) is -0.441. The van der Waals surface area contributed by atoms with E-state index in [0.29, 0.717) is 0 Å². The van der Waals surface area contributed by atoms with Crippen LogP contribution in [0, 0.1) is 0 Å². The average molecular weight is 198 g/mol. The van der Waals surface area contributed by atoms with E-state index in [1.54, 1.807) is 0 Å². The molecule has 72 valence electrons. The second kappa shape index (κ2) is 5.27. The van der Waals surface area contributed by atoms with Gasteiger partial charge in [0.05, 0.1) is 0 Å². The van der Waals surface area contributed by atoms with Crippen LogP contribution >= 0.6 is 7.60 Å². The van der Waals surface area contributed by atoms with Gasteiger partial charge in [0.25, 0.3) is 0 Å². The number of carboxylic acids is 1. The molecule has 0 radical (unpaired) electrons. The topological polar surface area (TPSA) is 104 Å². The summed E-state index contributed by atoms with van der Waals surface area (Å²) in [5, 5.41) is 8.16. The predicted octanol–water partition coefficient (Wildman–Crippen LogP) is 0.00300. The largest absolute Gasteiger partial charge is 0.481 e. The van der Waals surface area contributed by atoms with E-state index in [2.05, 4.69) is 4.74 Å². The molecule has 0 heterocycles. The first-order chi connectivity index (χ1) is 5.42. The molecule has 0 saturated heterocycles. The van der Waals surface area contributed by atoms with Gasteiger partial charge in [-0.15, -0.1) is 0 Å². The van der Waals surface area contributed by atoms with Crippen LogP contribution in [0.25, 0.3) is 0 Å². The van der Waals surface area contributed by atoms with E-state index < -0.39 is 19.9 Å². The third kappa shape index (κ3) is 9.58. The van der Waals surface area contributed by atoms with Crippen LogP contribution in [-0.2, 0) is 14.1 Å². The standard InChI is InChI=1S/C5H11O6P/c6-5(7)2-1-3-11-4-12(8,9)10/h1-4H2,(H,6,7)(H2,8,9,10). The van der Waals surface area contributed by atoms with Crippen LogP contribution in [0.15, 0.2) is 0 Å². The van der Waals surface area contributed by atoms with Crippen LogP contribution in [0.4, 0.5) is 0 Å². The number of rotatable bonds is 6. The fourth-order valence-corrected chi connectivity index (χ4v) is 0.876. The van der Waals surface area contributed by atoms with Gasteiger partial charge in [0.1, 0.15) is 6.35 Å². The van der Waals surface area contributed by atoms with Crippen molar-refractivity contribution in [2.75, 3.05) is 13.0 Å². The minimum Gasteiger partial charge on any atom is -0.481 e. The molecule has 0 amide bonds. The third-order valence-corrected chi connectivity index (χ3v) is 1.46. The lowest BCUT2D eigenvalue weighted by molar-refractivity contribution is -0.137. The quantitative estimate of drug-likeness (QED) is 0.410. The molecule has 6 nitrogen and oxygen atoms in total. The second-order valence-corrected chi connectivity index (χ2v) is 3.79. The van der Waals surface area contributed by atoms with Crippen molar-refractivity contribution in [3.05, 3.63) is 0 Å². The molecule has 3 N–H and O–H groups in total. The number of ether oxygens (including phenoxy) is 1. The number of carboxylic acid groups (broad SMARTS) is 1. The van der Waals surface area contributed by atoms with Gasteiger partial charge < -0.3 is 19.6 Å². The molecule has 0 aliphatic heterocycles. The highest BCUT2D eigenvalue weighted by Crippen LogP contribution is 2.33. The minimum absolute atomic E-state index is 0.0530. The van der Waals surface area contributed by atoms with E-state index in [9.17, 15) is 9.36 Å². The van der Waals surface area contributed by atoms with Crippen LogP contribution in [0.3, 0.4) is 0 Å². The Labute approximate surface area is 69.3 Å². The molecule has 0 aromatic rings. The summed E-state index contributed by atoms with van der Waals surface area (Å²) in [4.78, 5) is 26.5. The summed E-state index contributed by atoms with van der Waals surface area (Å²) < 4.78 is 14.7. The lowest BCUT2D eigenvalue weighted by Crippen LogP contribution is -2.01. The Morgan fingerprint density at radius 1 is 1.42 bits per heavy atom. The Kier molecular flexibility index (Phi) is 5.08. The van der Waals surface area contributed by atoms with Crippen molar-refractivity contribution in [3.63, 3.8) is 0 Å². The zero-order chi connectivity index (χ0) is 9.61. The van der Waals surface area contributed by atoms with Crippen LogP contribution < -0.4 is 0 Å². The van der Waals surface area contributed by atoms with Crippen molar-refractivity contribution in [1.82, 2.24) is 0 Å². The van der Waals surface area contributed by atoms with E-state index in [-0.39, 0.29) is 19.4 Å². The lowest BCUT2D eigenvalue weighted by atomic mass is 10.3. The fourth-order valence-electron chi connectivity index (χ4n) is 0.509. The van der Waals surface area contributed by atoms with Gasteiger partial charge in [-0.1, -0.05) is 0 Å². The highest BCUT2D eigenvalue weighted by atomic mass is 31.2. The number of hydrogen-bond donors (Lipinski definition) is 3. The van der Waals surface area contributed by atoms with E-state index in [0.717, 1.165) is 0 Å². The molecule has 12 heavy (non-hydrogen) atoms. The summed E-state index contributed by atoms with van der Waals surface area (Å²) in [5.41, 5.74) is 0. The van der Waals surface area contributed by atoms with Crippen LogP contribution in [0.1, 0.15) is 12.8 Å². The molecule has 0 spiro atoms. The van der Waals surface area contributed by atoms with Crippen molar-refractivity contribution < 1.29 is 29.0 Å². The molecule has 0 saturated carbocycles.